The van der Waals surface area contributed by atoms with Crippen LogP contribution in [0.3, 0.4) is 0 Å². The van der Waals surface area contributed by atoms with Gasteiger partial charge in [0.1, 0.15) is 0 Å². The monoisotopic (exact) mass is 302 g/mol. The molecule has 1 fully saturated rings. The molecule has 1 heterocycles. The van der Waals surface area contributed by atoms with Gasteiger partial charge in [0.05, 0.1) is 12.6 Å². The molecule has 1 amide bonds. The van der Waals surface area contributed by atoms with Crippen molar-refractivity contribution in [3.8, 4) is 0 Å². The smallest absolute Gasteiger partial charge is 0.234 e. The maximum atomic E-state index is 12.2. The molecule has 1 aliphatic rings. The summed E-state index contributed by atoms with van der Waals surface area (Å²) in [7, 11) is 0. The molecule has 0 spiro atoms. The zero-order valence-electron chi connectivity index (χ0n) is 13.7. The lowest BCUT2D eigenvalue weighted by atomic mass is 9.99. The van der Waals surface area contributed by atoms with Crippen molar-refractivity contribution in [2.45, 2.75) is 39.2 Å². The van der Waals surface area contributed by atoms with Crippen molar-refractivity contribution >= 4 is 11.7 Å². The molecule has 1 aromatic carbocycles. The van der Waals surface area contributed by atoms with E-state index in [0.29, 0.717) is 12.5 Å². The van der Waals surface area contributed by atoms with Gasteiger partial charge in [0.2, 0.25) is 5.91 Å². The number of Topliss-reactive ketones (excluding diaryl/α,β-unsaturated/α-hetero) is 1. The van der Waals surface area contributed by atoms with Crippen LogP contribution in [-0.2, 0) is 9.59 Å². The number of nitrogens with zero attached hydrogens (tertiary/aromatic N) is 1. The van der Waals surface area contributed by atoms with E-state index in [-0.39, 0.29) is 23.7 Å². The highest BCUT2D eigenvalue weighted by molar-refractivity contribution is 5.88. The van der Waals surface area contributed by atoms with Crippen LogP contribution in [0.2, 0.25) is 0 Å². The normalized spacial score (nSPS) is 20.1. The molecule has 0 unspecified atom stereocenters. The van der Waals surface area contributed by atoms with Gasteiger partial charge in [-0.05, 0) is 37.3 Å². The van der Waals surface area contributed by atoms with Crippen LogP contribution >= 0.6 is 0 Å². The number of carbonyl (C=O) groups is 2. The van der Waals surface area contributed by atoms with Crippen LogP contribution in [0.25, 0.3) is 0 Å². The van der Waals surface area contributed by atoms with Crippen LogP contribution < -0.4 is 5.32 Å². The zero-order chi connectivity index (χ0) is 16.1. The first-order valence-corrected chi connectivity index (χ1v) is 8.04. The predicted octanol–water partition coefficient (Wildman–Crippen LogP) is 2.21. The molecule has 120 valence electrons. The number of benzene rings is 1. The third-order valence-electron chi connectivity index (χ3n) is 4.33. The molecule has 0 saturated carbocycles. The van der Waals surface area contributed by atoms with Crippen molar-refractivity contribution in [1.82, 2.24) is 10.2 Å². The summed E-state index contributed by atoms with van der Waals surface area (Å²) in [4.78, 5) is 25.9. The largest absolute Gasteiger partial charge is 0.345 e. The Morgan fingerprint density at radius 1 is 1.27 bits per heavy atom. The highest BCUT2D eigenvalue weighted by atomic mass is 16.2. The van der Waals surface area contributed by atoms with Gasteiger partial charge in [-0.2, -0.15) is 0 Å². The third kappa shape index (κ3) is 4.41. The number of nitrogens with one attached hydrogen (secondary N) is 1. The second kappa shape index (κ2) is 7.54. The Kier molecular flexibility index (Phi) is 5.72. The molecular formula is C18H26N2O2. The van der Waals surface area contributed by atoms with E-state index in [4.69, 9.17) is 0 Å². The van der Waals surface area contributed by atoms with Crippen LogP contribution in [0.15, 0.2) is 30.3 Å². The molecule has 4 nitrogen and oxygen atoms in total. The molecule has 2 rings (SSSR count). The summed E-state index contributed by atoms with van der Waals surface area (Å²) in [6.07, 6.45) is 1.08. The van der Waals surface area contributed by atoms with E-state index in [2.05, 4.69) is 34.5 Å². The third-order valence-corrected chi connectivity index (χ3v) is 4.33. The van der Waals surface area contributed by atoms with E-state index in [1.54, 1.807) is 0 Å². The average Bonchev–Trinajstić information content (AvgIpc) is 2.93. The summed E-state index contributed by atoms with van der Waals surface area (Å²) in [6.45, 7) is 7.65. The summed E-state index contributed by atoms with van der Waals surface area (Å²) in [6, 6.07) is 10.1. The fourth-order valence-electron chi connectivity index (χ4n) is 3.13. The van der Waals surface area contributed by atoms with Crippen molar-refractivity contribution in [3.05, 3.63) is 35.9 Å². The highest BCUT2D eigenvalue weighted by Crippen LogP contribution is 2.26. The number of likely N-dealkylation sites (tertiary alicyclic amines) is 1. The van der Waals surface area contributed by atoms with E-state index in [9.17, 15) is 9.59 Å². The number of rotatable bonds is 6. The van der Waals surface area contributed by atoms with Gasteiger partial charge in [-0.15, -0.1) is 0 Å². The standard InChI is InChI=1S/C18H26N2O2/c1-13(2)18(14(3)21)19-17(22)12-20-10-9-16(11-20)15-7-5-4-6-8-15/h4-8,13,16,18H,9-12H2,1-3H3,(H,19,22)/t16-,18-/m0/s1. The fraction of sp³-hybridized carbons (Fsp3) is 0.556. The van der Waals surface area contributed by atoms with E-state index in [1.807, 2.05) is 19.9 Å². The van der Waals surface area contributed by atoms with Gasteiger partial charge in [-0.25, -0.2) is 0 Å². The van der Waals surface area contributed by atoms with E-state index < -0.39 is 0 Å². The Morgan fingerprint density at radius 3 is 2.55 bits per heavy atom. The summed E-state index contributed by atoms with van der Waals surface area (Å²) < 4.78 is 0. The van der Waals surface area contributed by atoms with Crippen molar-refractivity contribution in [1.29, 1.82) is 0 Å². The SMILES string of the molecule is CC(=O)[C@@H](NC(=O)CN1CC[C@H](c2ccccc2)C1)C(C)C. The molecule has 0 aromatic heterocycles. The van der Waals surface area contributed by atoms with E-state index in [0.717, 1.165) is 19.5 Å². The number of ketones is 1. The van der Waals surface area contributed by atoms with Crippen LogP contribution in [0, 0.1) is 5.92 Å². The summed E-state index contributed by atoms with van der Waals surface area (Å²) >= 11 is 0. The average molecular weight is 302 g/mol. The summed E-state index contributed by atoms with van der Waals surface area (Å²) in [5, 5.41) is 2.87. The van der Waals surface area contributed by atoms with Gasteiger partial charge in [-0.3, -0.25) is 14.5 Å². The Labute approximate surface area is 132 Å². The summed E-state index contributed by atoms with van der Waals surface area (Å²) in [5.74, 6) is 0.592. The van der Waals surface area contributed by atoms with Crippen LogP contribution in [0.5, 0.6) is 0 Å². The molecule has 1 aromatic rings. The van der Waals surface area contributed by atoms with Gasteiger partial charge in [0.15, 0.2) is 5.78 Å². The highest BCUT2D eigenvalue weighted by Gasteiger charge is 2.27. The molecular weight excluding hydrogens is 276 g/mol. The minimum atomic E-state index is -0.375. The van der Waals surface area contributed by atoms with E-state index >= 15 is 0 Å². The number of amides is 1. The molecule has 4 heteroatoms. The zero-order valence-corrected chi connectivity index (χ0v) is 13.7. The first-order valence-electron chi connectivity index (χ1n) is 8.04. The maximum absolute atomic E-state index is 12.2. The minimum Gasteiger partial charge on any atom is -0.345 e. The first-order chi connectivity index (χ1) is 10.5. The quantitative estimate of drug-likeness (QED) is 0.876. The molecule has 0 aliphatic carbocycles. The Balaban J connectivity index is 1.85. The van der Waals surface area contributed by atoms with Crippen LogP contribution in [0.1, 0.15) is 38.7 Å². The maximum Gasteiger partial charge on any atom is 0.234 e. The van der Waals surface area contributed by atoms with Crippen molar-refractivity contribution in [3.63, 3.8) is 0 Å². The molecule has 22 heavy (non-hydrogen) atoms. The lowest BCUT2D eigenvalue weighted by molar-refractivity contribution is -0.128. The summed E-state index contributed by atoms with van der Waals surface area (Å²) in [5.41, 5.74) is 1.34. The number of carbonyl (C=O) groups excluding carboxylic acids is 2. The van der Waals surface area contributed by atoms with Gasteiger partial charge < -0.3 is 5.32 Å². The van der Waals surface area contributed by atoms with Crippen molar-refractivity contribution < 1.29 is 9.59 Å². The van der Waals surface area contributed by atoms with Gasteiger partial charge in [0, 0.05) is 6.54 Å². The fourth-order valence-corrected chi connectivity index (χ4v) is 3.13. The van der Waals surface area contributed by atoms with Crippen molar-refractivity contribution in [2.24, 2.45) is 5.92 Å². The van der Waals surface area contributed by atoms with Gasteiger partial charge in [0.25, 0.3) is 0 Å². The second-order valence-electron chi connectivity index (χ2n) is 6.53. The molecule has 1 N–H and O–H groups in total. The molecule has 2 atom stereocenters. The predicted molar refractivity (Wildman–Crippen MR) is 87.7 cm³/mol. The molecule has 1 saturated heterocycles. The number of hydrogen-bond donors (Lipinski definition) is 1. The topological polar surface area (TPSA) is 49.4 Å². The molecule has 1 aliphatic heterocycles. The lowest BCUT2D eigenvalue weighted by Crippen LogP contribution is -2.47. The second-order valence-corrected chi connectivity index (χ2v) is 6.53. The Hall–Kier alpha value is -1.68. The van der Waals surface area contributed by atoms with Crippen LogP contribution in [0.4, 0.5) is 0 Å². The van der Waals surface area contributed by atoms with Gasteiger partial charge >= 0.3 is 0 Å². The van der Waals surface area contributed by atoms with E-state index in [1.165, 1.54) is 12.5 Å². The van der Waals surface area contributed by atoms with Crippen LogP contribution in [-0.4, -0.2) is 42.3 Å². The van der Waals surface area contributed by atoms with Crippen molar-refractivity contribution in [2.75, 3.05) is 19.6 Å². The van der Waals surface area contributed by atoms with Gasteiger partial charge in [-0.1, -0.05) is 44.2 Å². The lowest BCUT2D eigenvalue weighted by Gasteiger charge is -2.22. The molecule has 0 radical (unpaired) electrons. The Bertz CT molecular complexity index is 513. The number of hydrogen-bond acceptors (Lipinski definition) is 3. The Morgan fingerprint density at radius 2 is 1.95 bits per heavy atom. The minimum absolute atomic E-state index is 0.0203. The molecule has 0 bridgehead atoms. The first kappa shape index (κ1) is 16.7.